The Morgan fingerprint density at radius 2 is 1.83 bits per heavy atom. The Kier molecular flexibility index (Phi) is 1.18. The lowest BCUT2D eigenvalue weighted by atomic mass is 10.1. The fourth-order valence-corrected chi connectivity index (χ4v) is 2.77. The molecule has 0 aliphatic heterocycles. The average molecular weight is 166 g/mol. The first-order chi connectivity index (χ1) is 5.77. The van der Waals surface area contributed by atoms with Crippen LogP contribution in [0.2, 0.25) is 0 Å². The van der Waals surface area contributed by atoms with Gasteiger partial charge < -0.3 is 5.11 Å². The maximum atomic E-state index is 10.6. The lowest BCUT2D eigenvalue weighted by Gasteiger charge is -1.93. The van der Waals surface area contributed by atoms with Crippen molar-refractivity contribution >= 4 is 5.97 Å². The zero-order chi connectivity index (χ0) is 8.29. The maximum absolute atomic E-state index is 10.6. The standard InChI is InChI=1S/C10H14O2/c11-10(12)9-4-8(9)7-3-6(7)5-1-2-5/h5-9H,1-4H2,(H,11,12). The van der Waals surface area contributed by atoms with Crippen LogP contribution in [0.3, 0.4) is 0 Å². The molecule has 3 aliphatic rings. The lowest BCUT2D eigenvalue weighted by molar-refractivity contribution is -0.138. The van der Waals surface area contributed by atoms with Gasteiger partial charge in [0.05, 0.1) is 5.92 Å². The van der Waals surface area contributed by atoms with E-state index in [-0.39, 0.29) is 5.92 Å². The van der Waals surface area contributed by atoms with E-state index in [4.69, 9.17) is 5.11 Å². The quantitative estimate of drug-likeness (QED) is 0.693. The van der Waals surface area contributed by atoms with Crippen LogP contribution in [0.5, 0.6) is 0 Å². The molecule has 4 unspecified atom stereocenters. The Labute approximate surface area is 72.0 Å². The SMILES string of the molecule is O=C(O)C1CC1C1CC1C1CC1. The van der Waals surface area contributed by atoms with E-state index < -0.39 is 5.97 Å². The summed E-state index contributed by atoms with van der Waals surface area (Å²) in [6.45, 7) is 0. The molecule has 0 radical (unpaired) electrons. The van der Waals surface area contributed by atoms with E-state index in [1.54, 1.807) is 0 Å². The second kappa shape index (κ2) is 2.04. The molecule has 0 saturated heterocycles. The van der Waals surface area contributed by atoms with Gasteiger partial charge in [0.15, 0.2) is 0 Å². The third kappa shape index (κ3) is 0.970. The fraction of sp³-hybridized carbons (Fsp3) is 0.900. The normalized spacial score (nSPS) is 50.3. The van der Waals surface area contributed by atoms with Gasteiger partial charge in [-0.3, -0.25) is 4.79 Å². The van der Waals surface area contributed by atoms with Crippen molar-refractivity contribution in [1.29, 1.82) is 0 Å². The van der Waals surface area contributed by atoms with E-state index in [2.05, 4.69) is 0 Å². The molecule has 0 heterocycles. The number of aliphatic carboxylic acids is 1. The van der Waals surface area contributed by atoms with Crippen LogP contribution in [0.4, 0.5) is 0 Å². The summed E-state index contributed by atoms with van der Waals surface area (Å²) in [6.07, 6.45) is 5.17. The predicted octanol–water partition coefficient (Wildman–Crippen LogP) is 1.75. The summed E-state index contributed by atoms with van der Waals surface area (Å²) in [5.41, 5.74) is 0. The minimum absolute atomic E-state index is 0.0405. The molecule has 2 heteroatoms. The molecular formula is C10H14O2. The predicted molar refractivity (Wildman–Crippen MR) is 43.6 cm³/mol. The molecule has 0 amide bonds. The van der Waals surface area contributed by atoms with Crippen LogP contribution in [0.25, 0.3) is 0 Å². The second-order valence-electron chi connectivity index (χ2n) is 4.75. The first kappa shape index (κ1) is 6.93. The molecule has 66 valence electrons. The van der Waals surface area contributed by atoms with Crippen LogP contribution in [0.15, 0.2) is 0 Å². The van der Waals surface area contributed by atoms with Crippen molar-refractivity contribution in [2.45, 2.75) is 25.7 Å². The highest BCUT2D eigenvalue weighted by molar-refractivity contribution is 5.73. The van der Waals surface area contributed by atoms with Crippen LogP contribution < -0.4 is 0 Å². The number of carbonyl (C=O) groups is 1. The van der Waals surface area contributed by atoms with Gasteiger partial charge in [0.25, 0.3) is 0 Å². The molecule has 12 heavy (non-hydrogen) atoms. The van der Waals surface area contributed by atoms with E-state index in [1.165, 1.54) is 19.3 Å². The van der Waals surface area contributed by atoms with E-state index in [0.717, 1.165) is 24.2 Å². The van der Waals surface area contributed by atoms with Gasteiger partial charge in [-0.15, -0.1) is 0 Å². The summed E-state index contributed by atoms with van der Waals surface area (Å²) in [5.74, 6) is 2.83. The summed E-state index contributed by atoms with van der Waals surface area (Å²) >= 11 is 0. The van der Waals surface area contributed by atoms with Crippen LogP contribution >= 0.6 is 0 Å². The largest absolute Gasteiger partial charge is 0.481 e. The summed E-state index contributed by atoms with van der Waals surface area (Å²) in [5, 5.41) is 8.74. The van der Waals surface area contributed by atoms with Crippen molar-refractivity contribution in [3.63, 3.8) is 0 Å². The molecule has 4 atom stereocenters. The number of hydrogen-bond donors (Lipinski definition) is 1. The molecule has 3 aliphatic carbocycles. The Morgan fingerprint density at radius 1 is 1.08 bits per heavy atom. The molecule has 3 fully saturated rings. The third-order valence-corrected chi connectivity index (χ3v) is 3.83. The minimum atomic E-state index is -0.554. The van der Waals surface area contributed by atoms with Crippen LogP contribution in [-0.4, -0.2) is 11.1 Å². The van der Waals surface area contributed by atoms with E-state index >= 15 is 0 Å². The minimum Gasteiger partial charge on any atom is -0.481 e. The monoisotopic (exact) mass is 166 g/mol. The van der Waals surface area contributed by atoms with Crippen molar-refractivity contribution in [3.05, 3.63) is 0 Å². The van der Waals surface area contributed by atoms with Crippen molar-refractivity contribution < 1.29 is 9.90 Å². The van der Waals surface area contributed by atoms with Gasteiger partial charge in [0, 0.05) is 0 Å². The van der Waals surface area contributed by atoms with E-state index in [1.807, 2.05) is 0 Å². The molecule has 3 rings (SSSR count). The Bertz CT molecular complexity index is 232. The average Bonchev–Trinajstić information content (AvgIpc) is 2.87. The smallest absolute Gasteiger partial charge is 0.306 e. The molecule has 0 aromatic heterocycles. The summed E-state index contributed by atoms with van der Waals surface area (Å²) in [6, 6.07) is 0. The summed E-state index contributed by atoms with van der Waals surface area (Å²) < 4.78 is 0. The summed E-state index contributed by atoms with van der Waals surface area (Å²) in [4.78, 5) is 10.6. The first-order valence-electron chi connectivity index (χ1n) is 5.00. The van der Waals surface area contributed by atoms with Crippen LogP contribution in [-0.2, 0) is 4.79 Å². The second-order valence-corrected chi connectivity index (χ2v) is 4.75. The van der Waals surface area contributed by atoms with Gasteiger partial charge in [0.2, 0.25) is 0 Å². The van der Waals surface area contributed by atoms with Gasteiger partial charge in [-0.2, -0.15) is 0 Å². The number of hydrogen-bond acceptors (Lipinski definition) is 1. The third-order valence-electron chi connectivity index (χ3n) is 3.83. The lowest BCUT2D eigenvalue weighted by Crippen LogP contribution is -2.01. The molecule has 0 bridgehead atoms. The Balaban J connectivity index is 1.55. The highest BCUT2D eigenvalue weighted by Gasteiger charge is 2.59. The van der Waals surface area contributed by atoms with Crippen molar-refractivity contribution in [2.24, 2.45) is 29.6 Å². The zero-order valence-corrected chi connectivity index (χ0v) is 7.07. The Hall–Kier alpha value is -0.530. The summed E-state index contributed by atoms with van der Waals surface area (Å²) in [7, 11) is 0. The molecule has 3 saturated carbocycles. The Morgan fingerprint density at radius 3 is 2.33 bits per heavy atom. The van der Waals surface area contributed by atoms with Crippen molar-refractivity contribution in [1.82, 2.24) is 0 Å². The number of rotatable bonds is 3. The van der Waals surface area contributed by atoms with Crippen molar-refractivity contribution in [2.75, 3.05) is 0 Å². The fourth-order valence-electron chi connectivity index (χ4n) is 2.77. The number of carboxylic acid groups (broad SMARTS) is 1. The topological polar surface area (TPSA) is 37.3 Å². The van der Waals surface area contributed by atoms with Crippen LogP contribution in [0.1, 0.15) is 25.7 Å². The molecular weight excluding hydrogens is 152 g/mol. The molecule has 2 nitrogen and oxygen atoms in total. The molecule has 0 aromatic rings. The van der Waals surface area contributed by atoms with Crippen molar-refractivity contribution in [3.8, 4) is 0 Å². The molecule has 0 aromatic carbocycles. The van der Waals surface area contributed by atoms with Gasteiger partial charge >= 0.3 is 5.97 Å². The van der Waals surface area contributed by atoms with E-state index in [0.29, 0.717) is 5.92 Å². The van der Waals surface area contributed by atoms with Gasteiger partial charge in [-0.1, -0.05) is 0 Å². The molecule has 1 N–H and O–H groups in total. The number of carboxylic acids is 1. The van der Waals surface area contributed by atoms with Gasteiger partial charge in [-0.25, -0.2) is 0 Å². The van der Waals surface area contributed by atoms with Gasteiger partial charge in [0.1, 0.15) is 0 Å². The first-order valence-corrected chi connectivity index (χ1v) is 5.00. The highest BCUT2D eigenvalue weighted by atomic mass is 16.4. The van der Waals surface area contributed by atoms with Crippen LogP contribution in [0, 0.1) is 29.6 Å². The maximum Gasteiger partial charge on any atom is 0.306 e. The zero-order valence-electron chi connectivity index (χ0n) is 7.07. The van der Waals surface area contributed by atoms with E-state index in [9.17, 15) is 4.79 Å². The highest BCUT2D eigenvalue weighted by Crippen LogP contribution is 2.64. The molecule has 0 spiro atoms. The van der Waals surface area contributed by atoms with Gasteiger partial charge in [-0.05, 0) is 49.4 Å².